The Bertz CT molecular complexity index is 1170. The standard InChI is InChI=1S/C19H10F2N6S/c20-13-6-8-16(15(21)10-13)27-18(12-4-2-1-3-5-12)25-26-19(27)28-17-9-7-14(11-22)23-24-17/h1-10H. The Morgan fingerprint density at radius 1 is 0.893 bits per heavy atom. The van der Waals surface area contributed by atoms with Gasteiger partial charge in [0.15, 0.2) is 11.5 Å². The van der Waals surface area contributed by atoms with Gasteiger partial charge < -0.3 is 0 Å². The summed E-state index contributed by atoms with van der Waals surface area (Å²) in [5.41, 5.74) is 1.01. The molecule has 0 aliphatic carbocycles. The maximum Gasteiger partial charge on any atom is 0.202 e. The third-order valence-corrected chi connectivity index (χ3v) is 4.64. The Balaban J connectivity index is 1.84. The van der Waals surface area contributed by atoms with Crippen molar-refractivity contribution in [3.05, 3.63) is 78.0 Å². The van der Waals surface area contributed by atoms with Gasteiger partial charge >= 0.3 is 0 Å². The second kappa shape index (κ2) is 7.54. The second-order valence-corrected chi connectivity index (χ2v) is 6.56. The summed E-state index contributed by atoms with van der Waals surface area (Å²) in [5, 5.41) is 25.7. The van der Waals surface area contributed by atoms with E-state index < -0.39 is 11.6 Å². The SMILES string of the molecule is N#Cc1ccc(Sc2nnc(-c3ccccc3)n2-c2ccc(F)cc2F)nn1. The van der Waals surface area contributed by atoms with Crippen LogP contribution in [0.2, 0.25) is 0 Å². The van der Waals surface area contributed by atoms with Gasteiger partial charge in [0.25, 0.3) is 0 Å². The molecule has 0 aliphatic heterocycles. The molecule has 6 nitrogen and oxygen atoms in total. The van der Waals surface area contributed by atoms with Gasteiger partial charge in [-0.2, -0.15) is 5.26 Å². The zero-order chi connectivity index (χ0) is 19.5. The summed E-state index contributed by atoms with van der Waals surface area (Å²) in [6.07, 6.45) is 0. The first-order valence-electron chi connectivity index (χ1n) is 8.03. The lowest BCUT2D eigenvalue weighted by molar-refractivity contribution is 0.575. The Labute approximate surface area is 162 Å². The first kappa shape index (κ1) is 17.8. The van der Waals surface area contributed by atoms with Gasteiger partial charge in [-0.3, -0.25) is 4.57 Å². The van der Waals surface area contributed by atoms with E-state index in [1.165, 1.54) is 22.8 Å². The van der Waals surface area contributed by atoms with Crippen LogP contribution < -0.4 is 0 Å². The molecule has 2 aromatic carbocycles. The molecule has 0 spiro atoms. The van der Waals surface area contributed by atoms with Crippen LogP contribution in [0.15, 0.2) is 70.8 Å². The minimum atomic E-state index is -0.746. The van der Waals surface area contributed by atoms with E-state index in [-0.39, 0.29) is 11.4 Å². The van der Waals surface area contributed by atoms with Crippen molar-refractivity contribution in [2.75, 3.05) is 0 Å². The molecule has 0 bridgehead atoms. The van der Waals surface area contributed by atoms with Gasteiger partial charge in [0.05, 0.1) is 5.69 Å². The summed E-state index contributed by atoms with van der Waals surface area (Å²) in [4.78, 5) is 0. The zero-order valence-electron chi connectivity index (χ0n) is 14.1. The first-order chi connectivity index (χ1) is 13.7. The minimum absolute atomic E-state index is 0.106. The van der Waals surface area contributed by atoms with E-state index in [0.717, 1.165) is 23.4 Å². The fourth-order valence-electron chi connectivity index (χ4n) is 2.52. The van der Waals surface area contributed by atoms with Gasteiger partial charge in [0.2, 0.25) is 5.16 Å². The van der Waals surface area contributed by atoms with Crippen molar-refractivity contribution in [2.45, 2.75) is 10.2 Å². The maximum absolute atomic E-state index is 14.5. The molecule has 4 aromatic rings. The molecule has 4 rings (SSSR count). The molecule has 0 atom stereocenters. The highest BCUT2D eigenvalue weighted by molar-refractivity contribution is 7.99. The van der Waals surface area contributed by atoms with E-state index in [4.69, 9.17) is 5.26 Å². The Hall–Kier alpha value is -3.64. The molecule has 0 saturated carbocycles. The Morgan fingerprint density at radius 3 is 2.39 bits per heavy atom. The number of halogens is 2. The van der Waals surface area contributed by atoms with E-state index in [9.17, 15) is 8.78 Å². The number of benzene rings is 2. The van der Waals surface area contributed by atoms with Crippen molar-refractivity contribution in [3.8, 4) is 23.1 Å². The largest absolute Gasteiger partial charge is 0.267 e. The molecule has 0 aliphatic rings. The van der Waals surface area contributed by atoms with Crippen LogP contribution in [0.25, 0.3) is 17.1 Å². The lowest BCUT2D eigenvalue weighted by Crippen LogP contribution is -2.03. The zero-order valence-corrected chi connectivity index (χ0v) is 14.9. The molecule has 0 radical (unpaired) electrons. The highest BCUT2D eigenvalue weighted by Gasteiger charge is 2.20. The van der Waals surface area contributed by atoms with E-state index in [1.807, 2.05) is 36.4 Å². The number of nitriles is 1. The van der Waals surface area contributed by atoms with E-state index in [2.05, 4.69) is 20.4 Å². The third kappa shape index (κ3) is 3.45. The van der Waals surface area contributed by atoms with Gasteiger partial charge in [0, 0.05) is 11.6 Å². The summed E-state index contributed by atoms with van der Waals surface area (Å²) in [6.45, 7) is 0. The Kier molecular flexibility index (Phi) is 4.78. The number of rotatable bonds is 4. The van der Waals surface area contributed by atoms with Crippen molar-refractivity contribution in [2.24, 2.45) is 0 Å². The number of nitrogens with zero attached hydrogens (tertiary/aromatic N) is 6. The van der Waals surface area contributed by atoms with E-state index in [0.29, 0.717) is 16.0 Å². The summed E-state index contributed by atoms with van der Waals surface area (Å²) >= 11 is 1.10. The molecule has 2 aromatic heterocycles. The molecule has 0 unspecified atom stereocenters. The fraction of sp³-hybridized carbons (Fsp3) is 0. The van der Waals surface area contributed by atoms with Crippen molar-refractivity contribution >= 4 is 11.8 Å². The van der Waals surface area contributed by atoms with Crippen molar-refractivity contribution < 1.29 is 8.78 Å². The third-order valence-electron chi connectivity index (χ3n) is 3.77. The summed E-state index contributed by atoms with van der Waals surface area (Å²) in [6, 6.07) is 17.5. The van der Waals surface area contributed by atoms with Crippen LogP contribution in [0.3, 0.4) is 0 Å². The van der Waals surface area contributed by atoms with Crippen molar-refractivity contribution in [1.82, 2.24) is 25.0 Å². The number of hydrogen-bond donors (Lipinski definition) is 0. The predicted molar refractivity (Wildman–Crippen MR) is 97.6 cm³/mol. The average Bonchev–Trinajstić information content (AvgIpc) is 3.12. The van der Waals surface area contributed by atoms with Crippen LogP contribution in [-0.2, 0) is 0 Å². The smallest absolute Gasteiger partial charge is 0.202 e. The highest BCUT2D eigenvalue weighted by atomic mass is 32.2. The maximum atomic E-state index is 14.5. The molecule has 28 heavy (non-hydrogen) atoms. The molecule has 136 valence electrons. The first-order valence-corrected chi connectivity index (χ1v) is 8.85. The van der Waals surface area contributed by atoms with Gasteiger partial charge in [-0.05, 0) is 36.0 Å². The van der Waals surface area contributed by atoms with Crippen LogP contribution in [0.5, 0.6) is 0 Å². The van der Waals surface area contributed by atoms with Gasteiger partial charge in [-0.25, -0.2) is 8.78 Å². The normalized spacial score (nSPS) is 10.6. The van der Waals surface area contributed by atoms with Crippen LogP contribution in [0.1, 0.15) is 5.69 Å². The summed E-state index contributed by atoms with van der Waals surface area (Å²) in [7, 11) is 0. The van der Waals surface area contributed by atoms with Crippen LogP contribution in [0, 0.1) is 23.0 Å². The minimum Gasteiger partial charge on any atom is -0.267 e. The monoisotopic (exact) mass is 392 g/mol. The second-order valence-electron chi connectivity index (χ2n) is 5.57. The molecule has 0 amide bonds. The number of aromatic nitrogens is 5. The average molecular weight is 392 g/mol. The predicted octanol–water partition coefficient (Wildman–Crippen LogP) is 4.03. The van der Waals surface area contributed by atoms with E-state index in [1.54, 1.807) is 6.07 Å². The summed E-state index contributed by atoms with van der Waals surface area (Å²) < 4.78 is 29.4. The lowest BCUT2D eigenvalue weighted by Gasteiger charge is -2.11. The molecular weight excluding hydrogens is 382 g/mol. The Morgan fingerprint density at radius 2 is 1.71 bits per heavy atom. The van der Waals surface area contributed by atoms with Crippen molar-refractivity contribution in [1.29, 1.82) is 5.26 Å². The van der Waals surface area contributed by atoms with Crippen LogP contribution in [-0.4, -0.2) is 25.0 Å². The summed E-state index contributed by atoms with van der Waals surface area (Å²) in [5.74, 6) is -1.03. The van der Waals surface area contributed by atoms with Crippen LogP contribution >= 0.6 is 11.8 Å². The lowest BCUT2D eigenvalue weighted by atomic mass is 10.2. The van der Waals surface area contributed by atoms with E-state index >= 15 is 0 Å². The number of hydrogen-bond acceptors (Lipinski definition) is 6. The van der Waals surface area contributed by atoms with Crippen molar-refractivity contribution in [3.63, 3.8) is 0 Å². The van der Waals surface area contributed by atoms with Crippen LogP contribution in [0.4, 0.5) is 8.78 Å². The highest BCUT2D eigenvalue weighted by Crippen LogP contribution is 2.32. The molecular formula is C19H10F2N6S. The molecule has 2 heterocycles. The molecule has 0 fully saturated rings. The quantitative estimate of drug-likeness (QED) is 0.522. The fourth-order valence-corrected chi connectivity index (χ4v) is 3.28. The van der Waals surface area contributed by atoms with Gasteiger partial charge in [0.1, 0.15) is 22.7 Å². The molecule has 9 heteroatoms. The van der Waals surface area contributed by atoms with Gasteiger partial charge in [-0.1, -0.05) is 30.3 Å². The molecule has 0 saturated heterocycles. The van der Waals surface area contributed by atoms with Gasteiger partial charge in [-0.15, -0.1) is 20.4 Å². The molecule has 0 N–H and O–H groups in total. The topological polar surface area (TPSA) is 80.3 Å².